The predicted molar refractivity (Wildman–Crippen MR) is 48.2 cm³/mol. The van der Waals surface area contributed by atoms with Gasteiger partial charge in [-0.1, -0.05) is 0 Å². The van der Waals surface area contributed by atoms with Gasteiger partial charge in [0.2, 0.25) is 6.41 Å². The first kappa shape index (κ1) is 12.4. The molecule has 1 heterocycles. The molecule has 4 nitrogen and oxygen atoms in total. The predicted octanol–water partition coefficient (Wildman–Crippen LogP) is 1.42. The van der Waals surface area contributed by atoms with E-state index in [2.05, 4.69) is 26.2 Å². The number of aromatic nitrogens is 1. The zero-order valence-corrected chi connectivity index (χ0v) is 9.42. The first-order valence-corrected chi connectivity index (χ1v) is 3.97. The van der Waals surface area contributed by atoms with Crippen molar-refractivity contribution in [3.05, 3.63) is 16.7 Å². The Balaban J connectivity index is 0.00000144. The normalized spacial score (nSPS) is 8.46. The molecule has 0 aliphatic carbocycles. The number of carbonyl (C=O) groups is 1. The number of methoxy groups -OCH3 is 1. The minimum absolute atomic E-state index is 0. The summed E-state index contributed by atoms with van der Waals surface area (Å²) in [6.07, 6.45) is 2.13. The number of halogens is 1. The molecule has 1 amide bonds. The van der Waals surface area contributed by atoms with Crippen LogP contribution in [0.5, 0.6) is 5.75 Å². The van der Waals surface area contributed by atoms with Gasteiger partial charge in [-0.25, -0.2) is 4.98 Å². The van der Waals surface area contributed by atoms with Crippen molar-refractivity contribution in [1.82, 2.24) is 4.98 Å². The largest absolute Gasteiger partial charge is 0.493 e. The van der Waals surface area contributed by atoms with Gasteiger partial charge in [0.25, 0.3) is 0 Å². The Kier molecular flexibility index (Phi) is 5.70. The summed E-state index contributed by atoms with van der Waals surface area (Å²) in [5.41, 5.74) is 0. The van der Waals surface area contributed by atoms with E-state index < -0.39 is 0 Å². The quantitative estimate of drug-likeness (QED) is 0.675. The van der Waals surface area contributed by atoms with E-state index in [0.29, 0.717) is 18.0 Å². The third kappa shape index (κ3) is 3.34. The van der Waals surface area contributed by atoms with Crippen LogP contribution in [0.25, 0.3) is 0 Å². The molecule has 0 saturated heterocycles. The SMILES string of the molecule is COc1cc(Br)cnc1NC=O.[Fe]. The Morgan fingerprint density at radius 3 is 2.92 bits per heavy atom. The van der Waals surface area contributed by atoms with Crippen LogP contribution < -0.4 is 10.1 Å². The fourth-order valence-corrected chi connectivity index (χ4v) is 1.05. The summed E-state index contributed by atoms with van der Waals surface area (Å²) in [5.74, 6) is 0.937. The summed E-state index contributed by atoms with van der Waals surface area (Å²) in [5, 5.41) is 2.42. The second-order valence-corrected chi connectivity index (χ2v) is 2.88. The summed E-state index contributed by atoms with van der Waals surface area (Å²) in [6.45, 7) is 0. The smallest absolute Gasteiger partial charge is 0.212 e. The molecule has 0 fully saturated rings. The maximum atomic E-state index is 10.1. The number of carbonyl (C=O) groups excluding carboxylic acids is 1. The van der Waals surface area contributed by atoms with Gasteiger partial charge in [-0.15, -0.1) is 0 Å². The number of ether oxygens (including phenoxy) is 1. The topological polar surface area (TPSA) is 51.2 Å². The van der Waals surface area contributed by atoms with Crippen LogP contribution in [0.3, 0.4) is 0 Å². The molecular formula is C7H7BrFeN2O2. The Morgan fingerprint density at radius 2 is 2.38 bits per heavy atom. The molecule has 1 aromatic rings. The monoisotopic (exact) mass is 286 g/mol. The molecular weight excluding hydrogens is 280 g/mol. The van der Waals surface area contributed by atoms with Gasteiger partial charge in [-0.05, 0) is 22.0 Å². The number of pyridine rings is 1. The Labute approximate surface area is 94.7 Å². The van der Waals surface area contributed by atoms with Gasteiger partial charge in [0, 0.05) is 27.7 Å². The first-order chi connectivity index (χ1) is 5.77. The summed E-state index contributed by atoms with van der Waals surface area (Å²) in [4.78, 5) is 14.0. The molecule has 0 saturated carbocycles. The fraction of sp³-hybridized carbons (Fsp3) is 0.143. The molecule has 0 aliphatic rings. The van der Waals surface area contributed by atoms with Crippen LogP contribution in [0.1, 0.15) is 0 Å². The Hall–Kier alpha value is -0.581. The minimum atomic E-state index is 0. The van der Waals surface area contributed by atoms with Gasteiger partial charge < -0.3 is 10.1 Å². The Bertz CT molecular complexity index is 296. The van der Waals surface area contributed by atoms with Crippen molar-refractivity contribution >= 4 is 28.2 Å². The molecule has 6 heteroatoms. The average molecular weight is 287 g/mol. The molecule has 1 rings (SSSR count). The third-order valence-corrected chi connectivity index (χ3v) is 1.67. The molecule has 0 bridgehead atoms. The van der Waals surface area contributed by atoms with Crippen LogP contribution >= 0.6 is 15.9 Å². The van der Waals surface area contributed by atoms with Crippen LogP contribution in [-0.2, 0) is 21.9 Å². The van der Waals surface area contributed by atoms with Crippen LogP contribution in [0.2, 0.25) is 0 Å². The number of rotatable bonds is 3. The van der Waals surface area contributed by atoms with E-state index in [1.54, 1.807) is 12.3 Å². The van der Waals surface area contributed by atoms with Crippen LogP contribution in [-0.4, -0.2) is 18.5 Å². The number of hydrogen-bond donors (Lipinski definition) is 1. The summed E-state index contributed by atoms with van der Waals surface area (Å²) in [6, 6.07) is 1.72. The van der Waals surface area contributed by atoms with Gasteiger partial charge in [0.1, 0.15) is 0 Å². The van der Waals surface area contributed by atoms with Crippen molar-refractivity contribution < 1.29 is 26.6 Å². The molecule has 0 aromatic carbocycles. The van der Waals surface area contributed by atoms with Crippen LogP contribution in [0, 0.1) is 0 Å². The third-order valence-electron chi connectivity index (χ3n) is 1.23. The van der Waals surface area contributed by atoms with E-state index in [-0.39, 0.29) is 17.1 Å². The first-order valence-electron chi connectivity index (χ1n) is 3.17. The Morgan fingerprint density at radius 1 is 1.69 bits per heavy atom. The van der Waals surface area contributed by atoms with Gasteiger partial charge in [0.05, 0.1) is 7.11 Å². The minimum Gasteiger partial charge on any atom is -0.493 e. The zero-order valence-electron chi connectivity index (χ0n) is 6.73. The molecule has 0 atom stereocenters. The van der Waals surface area contributed by atoms with E-state index in [1.165, 1.54) is 7.11 Å². The number of amides is 1. The number of nitrogens with zero attached hydrogens (tertiary/aromatic N) is 1. The number of anilines is 1. The van der Waals surface area contributed by atoms with Gasteiger partial charge >= 0.3 is 0 Å². The van der Waals surface area contributed by atoms with E-state index >= 15 is 0 Å². The number of hydrogen-bond acceptors (Lipinski definition) is 3. The van der Waals surface area contributed by atoms with Crippen molar-refractivity contribution in [1.29, 1.82) is 0 Å². The molecule has 0 spiro atoms. The molecule has 0 unspecified atom stereocenters. The van der Waals surface area contributed by atoms with Crippen LogP contribution in [0.15, 0.2) is 16.7 Å². The van der Waals surface area contributed by atoms with E-state index in [1.807, 2.05) is 0 Å². The van der Waals surface area contributed by atoms with Crippen molar-refractivity contribution in [3.8, 4) is 5.75 Å². The molecule has 13 heavy (non-hydrogen) atoms. The van der Waals surface area contributed by atoms with E-state index in [4.69, 9.17) is 4.74 Å². The molecule has 72 valence electrons. The molecule has 1 N–H and O–H groups in total. The van der Waals surface area contributed by atoms with Crippen molar-refractivity contribution in [2.75, 3.05) is 12.4 Å². The molecule has 0 radical (unpaired) electrons. The van der Waals surface area contributed by atoms with Gasteiger partial charge in [0.15, 0.2) is 11.6 Å². The average Bonchev–Trinajstić information content (AvgIpc) is 2.08. The zero-order chi connectivity index (χ0) is 8.97. The van der Waals surface area contributed by atoms with E-state index in [9.17, 15) is 4.79 Å². The standard InChI is InChI=1S/C7H7BrN2O2.Fe/c1-12-6-2-5(8)3-9-7(6)10-4-11;/h2-4H,1H3,(H,9,10,11);. The van der Waals surface area contributed by atoms with Crippen molar-refractivity contribution in [3.63, 3.8) is 0 Å². The number of nitrogens with one attached hydrogen (secondary N) is 1. The van der Waals surface area contributed by atoms with Crippen molar-refractivity contribution in [2.24, 2.45) is 0 Å². The van der Waals surface area contributed by atoms with E-state index in [0.717, 1.165) is 4.47 Å². The molecule has 0 aliphatic heterocycles. The summed E-state index contributed by atoms with van der Waals surface area (Å²) < 4.78 is 5.77. The molecule has 1 aromatic heterocycles. The second-order valence-electron chi connectivity index (χ2n) is 1.97. The van der Waals surface area contributed by atoms with Gasteiger partial charge in [-0.3, -0.25) is 4.79 Å². The van der Waals surface area contributed by atoms with Crippen molar-refractivity contribution in [2.45, 2.75) is 0 Å². The maximum absolute atomic E-state index is 10.1. The summed E-state index contributed by atoms with van der Waals surface area (Å²) in [7, 11) is 1.51. The fourth-order valence-electron chi connectivity index (χ4n) is 0.741. The summed E-state index contributed by atoms with van der Waals surface area (Å²) >= 11 is 3.23. The van der Waals surface area contributed by atoms with Crippen LogP contribution in [0.4, 0.5) is 5.82 Å². The van der Waals surface area contributed by atoms with Gasteiger partial charge in [-0.2, -0.15) is 0 Å². The second kappa shape index (κ2) is 5.96. The maximum Gasteiger partial charge on any atom is 0.212 e.